The minimum atomic E-state index is -3.86. The molecule has 3 heterocycles. The van der Waals surface area contributed by atoms with Gasteiger partial charge in [0.25, 0.3) is 10.0 Å². The highest BCUT2D eigenvalue weighted by Gasteiger charge is 2.42. The minimum absolute atomic E-state index is 0.115. The van der Waals surface area contributed by atoms with Gasteiger partial charge >= 0.3 is 0 Å². The molecule has 32 heavy (non-hydrogen) atoms. The minimum Gasteiger partial charge on any atom is -0.308 e. The zero-order chi connectivity index (χ0) is 23.0. The zero-order valence-corrected chi connectivity index (χ0v) is 20.7. The standard InChI is InChI=1S/C20H22ClFN4O3S3/c1-24(2)11-12-25(20-23-18-13(22)5-3-7-15(18)30-20)19(27)14-6-4-10-26(14)32(28,29)17-9-8-16(21)31-17/h3,5,7-9,14H,4,6,10-12H2,1-2H3. The normalized spacial score (nSPS) is 17.5. The first kappa shape index (κ1) is 23.5. The number of para-hydroxylation sites is 1. The predicted octanol–water partition coefficient (Wildman–Crippen LogP) is 3.90. The van der Waals surface area contributed by atoms with E-state index in [4.69, 9.17) is 11.6 Å². The van der Waals surface area contributed by atoms with Gasteiger partial charge in [0.05, 0.1) is 9.04 Å². The van der Waals surface area contributed by atoms with Crippen molar-refractivity contribution < 1.29 is 17.6 Å². The van der Waals surface area contributed by atoms with Crippen molar-refractivity contribution in [2.45, 2.75) is 23.1 Å². The number of thiazole rings is 1. The number of sulfonamides is 1. The van der Waals surface area contributed by atoms with Crippen LogP contribution in [0.3, 0.4) is 0 Å². The van der Waals surface area contributed by atoms with E-state index >= 15 is 0 Å². The molecule has 1 atom stereocenters. The summed E-state index contributed by atoms with van der Waals surface area (Å²) in [6, 6.07) is 6.83. The van der Waals surface area contributed by atoms with E-state index in [1.54, 1.807) is 12.1 Å². The van der Waals surface area contributed by atoms with Crippen LogP contribution < -0.4 is 4.90 Å². The van der Waals surface area contributed by atoms with E-state index in [1.807, 2.05) is 19.0 Å². The molecule has 0 bridgehead atoms. The number of thiophene rings is 1. The largest absolute Gasteiger partial charge is 0.308 e. The number of hydrogen-bond donors (Lipinski definition) is 0. The zero-order valence-electron chi connectivity index (χ0n) is 17.5. The molecular weight excluding hydrogens is 495 g/mol. The van der Waals surface area contributed by atoms with Crippen LogP contribution in [0.2, 0.25) is 4.34 Å². The van der Waals surface area contributed by atoms with Gasteiger partial charge in [0.15, 0.2) is 5.13 Å². The molecule has 172 valence electrons. The summed E-state index contributed by atoms with van der Waals surface area (Å²) in [5.41, 5.74) is 0.208. The van der Waals surface area contributed by atoms with Gasteiger partial charge < -0.3 is 4.90 Å². The number of aromatic nitrogens is 1. The molecule has 1 aliphatic rings. The van der Waals surface area contributed by atoms with E-state index in [9.17, 15) is 17.6 Å². The van der Waals surface area contributed by atoms with Crippen molar-refractivity contribution >= 4 is 65.6 Å². The fourth-order valence-corrected chi connectivity index (χ4v) is 7.90. The summed E-state index contributed by atoms with van der Waals surface area (Å²) in [6.45, 7) is 1.11. The van der Waals surface area contributed by atoms with E-state index in [0.717, 1.165) is 11.3 Å². The number of halogens is 2. The maximum atomic E-state index is 14.2. The molecule has 0 radical (unpaired) electrons. The molecule has 1 amide bonds. The Bertz CT molecular complexity index is 1240. The van der Waals surface area contributed by atoms with Crippen LogP contribution >= 0.6 is 34.3 Å². The first-order valence-corrected chi connectivity index (χ1v) is 13.4. The van der Waals surface area contributed by atoms with Gasteiger partial charge in [0.2, 0.25) is 5.91 Å². The molecule has 3 aromatic rings. The van der Waals surface area contributed by atoms with Crippen LogP contribution in [-0.2, 0) is 14.8 Å². The highest BCUT2D eigenvalue weighted by molar-refractivity contribution is 7.91. The highest BCUT2D eigenvalue weighted by Crippen LogP contribution is 2.35. The average Bonchev–Trinajstić information content (AvgIpc) is 3.47. The Morgan fingerprint density at radius 2 is 2.03 bits per heavy atom. The van der Waals surface area contributed by atoms with Crippen LogP contribution in [0.5, 0.6) is 0 Å². The predicted molar refractivity (Wildman–Crippen MR) is 127 cm³/mol. The summed E-state index contributed by atoms with van der Waals surface area (Å²) in [6.07, 6.45) is 0.986. The Morgan fingerprint density at radius 1 is 1.25 bits per heavy atom. The van der Waals surface area contributed by atoms with Crippen LogP contribution in [0.1, 0.15) is 12.8 Å². The van der Waals surface area contributed by atoms with Crippen molar-refractivity contribution in [3.63, 3.8) is 0 Å². The lowest BCUT2D eigenvalue weighted by Crippen LogP contribution is -2.49. The Kier molecular flexibility index (Phi) is 6.85. The van der Waals surface area contributed by atoms with Crippen molar-refractivity contribution in [2.24, 2.45) is 0 Å². The summed E-state index contributed by atoms with van der Waals surface area (Å²) in [4.78, 5) is 21.5. The Hall–Kier alpha value is -1.63. The summed E-state index contributed by atoms with van der Waals surface area (Å²) >= 11 is 8.13. The highest BCUT2D eigenvalue weighted by atomic mass is 35.5. The van der Waals surface area contributed by atoms with Crippen LogP contribution in [0.4, 0.5) is 9.52 Å². The van der Waals surface area contributed by atoms with E-state index in [1.165, 1.54) is 38.7 Å². The molecule has 1 aromatic carbocycles. The van der Waals surface area contributed by atoms with Crippen molar-refractivity contribution in [1.29, 1.82) is 0 Å². The number of carbonyl (C=O) groups is 1. The van der Waals surface area contributed by atoms with E-state index in [0.29, 0.717) is 40.1 Å². The Morgan fingerprint density at radius 3 is 2.69 bits per heavy atom. The smallest absolute Gasteiger partial charge is 0.253 e. The number of rotatable bonds is 7. The molecule has 0 N–H and O–H groups in total. The number of amides is 1. The molecule has 0 aliphatic carbocycles. The molecule has 1 saturated heterocycles. The first-order chi connectivity index (χ1) is 15.2. The molecule has 1 fully saturated rings. The third-order valence-electron chi connectivity index (χ3n) is 5.23. The third kappa shape index (κ3) is 4.55. The lowest BCUT2D eigenvalue weighted by atomic mass is 10.2. The molecule has 0 spiro atoms. The van der Waals surface area contributed by atoms with Crippen LogP contribution in [0, 0.1) is 5.82 Å². The number of nitrogens with zero attached hydrogens (tertiary/aromatic N) is 4. The quantitative estimate of drug-likeness (QED) is 0.476. The van der Waals surface area contributed by atoms with Gasteiger partial charge in [-0.2, -0.15) is 4.31 Å². The van der Waals surface area contributed by atoms with E-state index < -0.39 is 21.9 Å². The summed E-state index contributed by atoms with van der Waals surface area (Å²) in [5, 5.41) is 0.361. The molecule has 2 aromatic heterocycles. The van der Waals surface area contributed by atoms with Gasteiger partial charge in [0.1, 0.15) is 21.6 Å². The number of benzene rings is 1. The fourth-order valence-electron chi connectivity index (χ4n) is 3.63. The molecular formula is C20H22ClFN4O3S3. The molecule has 12 heteroatoms. The lowest BCUT2D eigenvalue weighted by Gasteiger charge is -2.29. The summed E-state index contributed by atoms with van der Waals surface area (Å²) in [5.74, 6) is -0.806. The number of fused-ring (bicyclic) bond motifs is 1. The van der Waals surface area contributed by atoms with Crippen molar-refractivity contribution in [1.82, 2.24) is 14.2 Å². The molecule has 4 rings (SSSR count). The number of likely N-dealkylation sites (N-methyl/N-ethyl adjacent to an activating group) is 1. The van der Waals surface area contributed by atoms with Crippen LogP contribution in [0.15, 0.2) is 34.5 Å². The Labute approximate surface area is 199 Å². The second-order valence-corrected chi connectivity index (χ2v) is 12.6. The van der Waals surface area contributed by atoms with Gasteiger partial charge in [-0.25, -0.2) is 17.8 Å². The van der Waals surface area contributed by atoms with Gasteiger partial charge in [0, 0.05) is 19.6 Å². The number of carbonyl (C=O) groups excluding carboxylic acids is 1. The molecule has 7 nitrogen and oxygen atoms in total. The van der Waals surface area contributed by atoms with Crippen LogP contribution in [0.25, 0.3) is 10.2 Å². The molecule has 0 saturated carbocycles. The Balaban J connectivity index is 1.68. The van der Waals surface area contributed by atoms with E-state index in [2.05, 4.69) is 4.98 Å². The fraction of sp³-hybridized carbons (Fsp3) is 0.400. The van der Waals surface area contributed by atoms with Gasteiger partial charge in [-0.3, -0.25) is 9.69 Å². The van der Waals surface area contributed by atoms with Crippen molar-refractivity contribution in [2.75, 3.05) is 38.6 Å². The van der Waals surface area contributed by atoms with Gasteiger partial charge in [-0.1, -0.05) is 29.0 Å². The second kappa shape index (κ2) is 9.32. The number of anilines is 1. The first-order valence-electron chi connectivity index (χ1n) is 9.97. The summed E-state index contributed by atoms with van der Waals surface area (Å²) in [7, 11) is -0.0929. The topological polar surface area (TPSA) is 73.8 Å². The maximum absolute atomic E-state index is 14.2. The van der Waals surface area contributed by atoms with Crippen molar-refractivity contribution in [3.05, 3.63) is 40.5 Å². The summed E-state index contributed by atoms with van der Waals surface area (Å²) < 4.78 is 43.0. The molecule has 1 unspecified atom stereocenters. The maximum Gasteiger partial charge on any atom is 0.253 e. The average molecular weight is 517 g/mol. The monoisotopic (exact) mass is 516 g/mol. The van der Waals surface area contributed by atoms with Crippen LogP contribution in [-0.4, -0.2) is 68.3 Å². The molecule has 1 aliphatic heterocycles. The van der Waals surface area contributed by atoms with Gasteiger partial charge in [-0.15, -0.1) is 11.3 Å². The van der Waals surface area contributed by atoms with Gasteiger partial charge in [-0.05, 0) is 51.2 Å². The van der Waals surface area contributed by atoms with Crippen molar-refractivity contribution in [3.8, 4) is 0 Å². The second-order valence-electron chi connectivity index (χ2n) is 7.71. The third-order valence-corrected chi connectivity index (χ3v) is 9.88. The van der Waals surface area contributed by atoms with E-state index in [-0.39, 0.29) is 22.2 Å². The SMILES string of the molecule is CN(C)CCN(C(=O)C1CCCN1S(=O)(=O)c1ccc(Cl)s1)c1nc2c(F)cccc2s1. The number of hydrogen-bond acceptors (Lipinski definition) is 7. The lowest BCUT2D eigenvalue weighted by molar-refractivity contribution is -0.121.